The van der Waals surface area contributed by atoms with Crippen molar-refractivity contribution in [3.05, 3.63) is 62.5 Å². The van der Waals surface area contributed by atoms with E-state index in [0.717, 1.165) is 23.5 Å². The average molecular weight is 460 g/mol. The zero-order chi connectivity index (χ0) is 22.5. The number of rotatable bonds is 3. The van der Waals surface area contributed by atoms with Crippen LogP contribution in [-0.2, 0) is 17.7 Å². The molecule has 0 atom stereocenters. The molecule has 0 radical (unpaired) electrons. The highest BCUT2D eigenvalue weighted by Gasteiger charge is 2.41. The predicted octanol–water partition coefficient (Wildman–Crippen LogP) is 2.23. The van der Waals surface area contributed by atoms with E-state index in [0.29, 0.717) is 37.6 Å². The van der Waals surface area contributed by atoms with Gasteiger partial charge in [-0.2, -0.15) is 0 Å². The second-order valence-electron chi connectivity index (χ2n) is 7.96. The molecule has 32 heavy (non-hydrogen) atoms. The summed E-state index contributed by atoms with van der Waals surface area (Å²) in [7, 11) is 0. The van der Waals surface area contributed by atoms with Gasteiger partial charge in [-0.3, -0.25) is 9.59 Å². The van der Waals surface area contributed by atoms with Crippen LogP contribution >= 0.6 is 11.3 Å². The molecule has 1 fully saturated rings. The van der Waals surface area contributed by atoms with Gasteiger partial charge in [0, 0.05) is 38.4 Å². The molecular formula is C21H18F2N4O4S. The molecule has 5 rings (SSSR count). The summed E-state index contributed by atoms with van der Waals surface area (Å²) in [5, 5.41) is 22.1. The van der Waals surface area contributed by atoms with Gasteiger partial charge in [-0.05, 0) is 24.5 Å². The Hall–Kier alpha value is -3.18. The van der Waals surface area contributed by atoms with Crippen LogP contribution in [0.25, 0.3) is 10.6 Å². The van der Waals surface area contributed by atoms with Crippen LogP contribution < -0.4 is 10.7 Å². The molecule has 8 nitrogen and oxygen atoms in total. The normalized spacial score (nSPS) is 17.2. The number of fused-ring (bicyclic) bond motifs is 1. The first-order chi connectivity index (χ1) is 15.3. The van der Waals surface area contributed by atoms with E-state index in [1.165, 1.54) is 12.3 Å². The van der Waals surface area contributed by atoms with Crippen LogP contribution in [0.2, 0.25) is 0 Å². The summed E-state index contributed by atoms with van der Waals surface area (Å²) >= 11 is 1.07. The first-order valence-electron chi connectivity index (χ1n) is 9.99. The summed E-state index contributed by atoms with van der Waals surface area (Å²) in [6, 6.07) is 3.28. The van der Waals surface area contributed by atoms with Crippen LogP contribution in [0.5, 0.6) is 5.75 Å². The third-order valence-corrected chi connectivity index (χ3v) is 6.78. The Bertz CT molecular complexity index is 1280. The van der Waals surface area contributed by atoms with E-state index in [1.807, 2.05) is 0 Å². The lowest BCUT2D eigenvalue weighted by molar-refractivity contribution is 0.0240. The smallest absolute Gasteiger partial charge is 0.272 e. The summed E-state index contributed by atoms with van der Waals surface area (Å²) in [6.07, 6.45) is 2.82. The molecule has 1 spiro atoms. The molecule has 3 aromatic rings. The maximum absolute atomic E-state index is 14.0. The Morgan fingerprint density at radius 3 is 2.75 bits per heavy atom. The molecule has 2 aliphatic rings. The van der Waals surface area contributed by atoms with Crippen molar-refractivity contribution < 1.29 is 23.4 Å². The van der Waals surface area contributed by atoms with Crippen LogP contribution in [0, 0.1) is 11.6 Å². The third-order valence-electron chi connectivity index (χ3n) is 5.83. The van der Waals surface area contributed by atoms with E-state index in [-0.39, 0.29) is 28.2 Å². The van der Waals surface area contributed by atoms with Crippen LogP contribution in [0.15, 0.2) is 29.2 Å². The minimum Gasteiger partial charge on any atom is -0.503 e. The summed E-state index contributed by atoms with van der Waals surface area (Å²) < 4.78 is 34.1. The molecule has 166 valence electrons. The van der Waals surface area contributed by atoms with Gasteiger partial charge in [0.1, 0.15) is 16.6 Å². The molecule has 11 heteroatoms. The number of carbonyl (C=O) groups is 1. The first-order valence-corrected chi connectivity index (χ1v) is 10.8. The number of amides is 1. The number of hydrogen-bond acceptors (Lipinski definition) is 7. The largest absolute Gasteiger partial charge is 0.503 e. The zero-order valence-corrected chi connectivity index (χ0v) is 17.5. The highest BCUT2D eigenvalue weighted by Crippen LogP contribution is 2.32. The Morgan fingerprint density at radius 2 is 2.00 bits per heavy atom. The zero-order valence-electron chi connectivity index (χ0n) is 16.7. The summed E-state index contributed by atoms with van der Waals surface area (Å²) in [5.74, 6) is -2.53. The van der Waals surface area contributed by atoms with Crippen molar-refractivity contribution >= 4 is 17.2 Å². The highest BCUT2D eigenvalue weighted by molar-refractivity contribution is 7.14. The highest BCUT2D eigenvalue weighted by atomic mass is 32.1. The molecule has 0 aliphatic carbocycles. The minimum absolute atomic E-state index is 0.0769. The molecule has 1 amide bonds. The Balaban J connectivity index is 1.50. The minimum atomic E-state index is -0.731. The van der Waals surface area contributed by atoms with E-state index in [9.17, 15) is 23.5 Å². The van der Waals surface area contributed by atoms with Gasteiger partial charge in [-0.1, -0.05) is 17.4 Å². The average Bonchev–Trinajstić information content (AvgIpc) is 3.21. The first kappa shape index (κ1) is 20.7. The van der Waals surface area contributed by atoms with Crippen molar-refractivity contribution in [3.63, 3.8) is 0 Å². The summed E-state index contributed by atoms with van der Waals surface area (Å²) in [4.78, 5) is 25.5. The number of hydrogen-bond donors (Lipinski definition) is 2. The van der Waals surface area contributed by atoms with E-state index < -0.39 is 34.3 Å². The van der Waals surface area contributed by atoms with E-state index in [1.54, 1.807) is 4.57 Å². The second-order valence-corrected chi connectivity index (χ2v) is 9.02. The third kappa shape index (κ3) is 3.56. The quantitative estimate of drug-likeness (QED) is 0.621. The number of nitrogens with one attached hydrogen (secondary N) is 1. The van der Waals surface area contributed by atoms with Gasteiger partial charge in [-0.15, -0.1) is 10.2 Å². The summed E-state index contributed by atoms with van der Waals surface area (Å²) in [6.45, 7) is 1.40. The molecule has 4 heterocycles. The molecule has 2 aliphatic heterocycles. The SMILES string of the molecule is O=C1NC2(CCOCC2)Cn2cc(-c3nnc(Cc4ccc(F)cc4F)s3)c(=O)c(O)c21. The number of ether oxygens (including phenoxy) is 1. The topological polar surface area (TPSA) is 106 Å². The lowest BCUT2D eigenvalue weighted by atomic mass is 9.87. The maximum Gasteiger partial charge on any atom is 0.272 e. The monoisotopic (exact) mass is 460 g/mol. The Labute approximate surface area is 184 Å². The number of benzene rings is 1. The van der Waals surface area contributed by atoms with Crippen LogP contribution in [0.4, 0.5) is 8.78 Å². The van der Waals surface area contributed by atoms with Gasteiger partial charge in [0.2, 0.25) is 5.43 Å². The number of aromatic hydroxyl groups is 1. The van der Waals surface area contributed by atoms with Gasteiger partial charge in [-0.25, -0.2) is 8.78 Å². The van der Waals surface area contributed by atoms with Crippen molar-refractivity contribution in [1.29, 1.82) is 0 Å². The molecule has 0 bridgehead atoms. The van der Waals surface area contributed by atoms with Crippen molar-refractivity contribution in [1.82, 2.24) is 20.1 Å². The fourth-order valence-electron chi connectivity index (χ4n) is 4.14. The van der Waals surface area contributed by atoms with Crippen molar-refractivity contribution in [3.8, 4) is 16.3 Å². The molecule has 0 unspecified atom stereocenters. The maximum atomic E-state index is 14.0. The number of aromatic nitrogens is 3. The van der Waals surface area contributed by atoms with Gasteiger partial charge >= 0.3 is 0 Å². The fourth-order valence-corrected chi connectivity index (χ4v) is 5.01. The predicted molar refractivity (Wildman–Crippen MR) is 111 cm³/mol. The van der Waals surface area contributed by atoms with E-state index in [4.69, 9.17) is 4.74 Å². The molecule has 0 saturated carbocycles. The lowest BCUT2D eigenvalue weighted by Gasteiger charge is -2.42. The van der Waals surface area contributed by atoms with Gasteiger partial charge in [0.15, 0.2) is 16.5 Å². The lowest BCUT2D eigenvalue weighted by Crippen LogP contribution is -2.58. The molecule has 2 N–H and O–H groups in total. The van der Waals surface area contributed by atoms with Crippen LogP contribution in [0.3, 0.4) is 0 Å². The molecular weight excluding hydrogens is 442 g/mol. The summed E-state index contributed by atoms with van der Waals surface area (Å²) in [5.41, 5.74) is -0.976. The number of nitrogens with zero attached hydrogens (tertiary/aromatic N) is 3. The van der Waals surface area contributed by atoms with Gasteiger partial charge < -0.3 is 19.7 Å². The van der Waals surface area contributed by atoms with Gasteiger partial charge in [0.25, 0.3) is 5.91 Å². The molecule has 1 saturated heterocycles. The van der Waals surface area contributed by atoms with Crippen molar-refractivity contribution in [2.45, 2.75) is 31.3 Å². The Morgan fingerprint density at radius 1 is 1.22 bits per heavy atom. The second kappa shape index (κ2) is 7.75. The van der Waals surface area contributed by atoms with Crippen LogP contribution in [0.1, 0.15) is 33.9 Å². The van der Waals surface area contributed by atoms with Crippen molar-refractivity contribution in [2.24, 2.45) is 0 Å². The Kier molecular flexibility index (Phi) is 5.01. The van der Waals surface area contributed by atoms with E-state index >= 15 is 0 Å². The molecule has 1 aromatic carbocycles. The fraction of sp³-hybridized carbons (Fsp3) is 0.333. The van der Waals surface area contributed by atoms with Gasteiger partial charge in [0.05, 0.1) is 11.1 Å². The number of halogens is 2. The number of carbonyl (C=O) groups excluding carboxylic acids is 1. The standard InChI is InChI=1S/C21H18F2N4O4S/c22-12-2-1-11(14(23)8-12)7-15-25-26-20(32-15)13-9-27-10-21(3-5-31-6-4-21)24-19(30)16(27)18(29)17(13)28/h1-2,8-9,29H,3-7,10H2,(H,24,30). The van der Waals surface area contributed by atoms with Crippen molar-refractivity contribution in [2.75, 3.05) is 13.2 Å². The van der Waals surface area contributed by atoms with E-state index in [2.05, 4.69) is 15.5 Å². The van der Waals surface area contributed by atoms with Crippen LogP contribution in [-0.4, -0.2) is 44.5 Å². The number of pyridine rings is 1. The molecule has 2 aromatic heterocycles.